The van der Waals surface area contributed by atoms with Crippen LogP contribution in [0.5, 0.6) is 5.88 Å². The number of aromatic nitrogens is 1. The Kier molecular flexibility index (Phi) is 7.66. The van der Waals surface area contributed by atoms with Crippen LogP contribution in [0.3, 0.4) is 0 Å². The van der Waals surface area contributed by atoms with Gasteiger partial charge in [0.1, 0.15) is 6.61 Å². The number of hydrogen-bond donors (Lipinski definition) is 1. The number of nitrogens with one attached hydrogen (secondary N) is 1. The third kappa shape index (κ3) is 6.63. The first kappa shape index (κ1) is 22.5. The quantitative estimate of drug-likeness (QED) is 0.578. The minimum absolute atomic E-state index is 0.00651. The number of benzene rings is 2. The summed E-state index contributed by atoms with van der Waals surface area (Å²) >= 11 is 0. The molecule has 1 N–H and O–H groups in total. The summed E-state index contributed by atoms with van der Waals surface area (Å²) in [5.74, 6) is 0.376. The van der Waals surface area contributed by atoms with Crippen molar-refractivity contribution >= 4 is 11.8 Å². The highest BCUT2D eigenvalue weighted by Gasteiger charge is 2.23. The molecule has 0 saturated carbocycles. The van der Waals surface area contributed by atoms with E-state index in [1.165, 1.54) is 0 Å². The molecule has 1 aromatic heterocycles. The molecule has 1 saturated heterocycles. The zero-order valence-electron chi connectivity index (χ0n) is 18.5. The van der Waals surface area contributed by atoms with Gasteiger partial charge in [-0.15, -0.1) is 0 Å². The van der Waals surface area contributed by atoms with E-state index >= 15 is 0 Å². The highest BCUT2D eigenvalue weighted by molar-refractivity contribution is 5.94. The van der Waals surface area contributed by atoms with Crippen molar-refractivity contribution in [2.45, 2.75) is 13.2 Å². The van der Waals surface area contributed by atoms with Gasteiger partial charge in [0.2, 0.25) is 11.8 Å². The molecule has 1 aliphatic rings. The Morgan fingerprint density at radius 3 is 2.24 bits per heavy atom. The molecule has 0 spiro atoms. The Labute approximate surface area is 194 Å². The van der Waals surface area contributed by atoms with Crippen LogP contribution in [0.1, 0.15) is 21.5 Å². The minimum atomic E-state index is -0.0462. The van der Waals surface area contributed by atoms with Crippen LogP contribution in [0.4, 0.5) is 0 Å². The lowest BCUT2D eigenvalue weighted by Crippen LogP contribution is -2.51. The van der Waals surface area contributed by atoms with Crippen molar-refractivity contribution < 1.29 is 14.3 Å². The van der Waals surface area contributed by atoms with Crippen LogP contribution in [0.2, 0.25) is 0 Å². The first-order valence-corrected chi connectivity index (χ1v) is 11.1. The van der Waals surface area contributed by atoms with Crippen molar-refractivity contribution in [1.82, 2.24) is 20.1 Å². The Bertz CT molecular complexity index is 1050. The fraction of sp³-hybridized carbons (Fsp3) is 0.269. The van der Waals surface area contributed by atoms with Crippen LogP contribution >= 0.6 is 0 Å². The van der Waals surface area contributed by atoms with Crippen molar-refractivity contribution in [3.8, 4) is 5.88 Å². The van der Waals surface area contributed by atoms with Crippen molar-refractivity contribution in [2.75, 3.05) is 32.7 Å². The number of pyridine rings is 1. The summed E-state index contributed by atoms with van der Waals surface area (Å²) in [5, 5.41) is 2.95. The lowest BCUT2D eigenvalue weighted by Gasteiger charge is -2.34. The van der Waals surface area contributed by atoms with E-state index in [4.69, 9.17) is 4.74 Å². The molecule has 2 amide bonds. The van der Waals surface area contributed by atoms with E-state index in [-0.39, 0.29) is 11.8 Å². The van der Waals surface area contributed by atoms with Gasteiger partial charge in [-0.1, -0.05) is 60.7 Å². The van der Waals surface area contributed by atoms with Gasteiger partial charge in [-0.05, 0) is 17.2 Å². The summed E-state index contributed by atoms with van der Waals surface area (Å²) < 4.78 is 5.75. The highest BCUT2D eigenvalue weighted by Crippen LogP contribution is 2.15. The summed E-state index contributed by atoms with van der Waals surface area (Å²) in [4.78, 5) is 33.3. The maximum atomic E-state index is 13.0. The smallest absolute Gasteiger partial charge is 0.254 e. The van der Waals surface area contributed by atoms with Gasteiger partial charge in [0.25, 0.3) is 5.91 Å². The second kappa shape index (κ2) is 11.2. The van der Waals surface area contributed by atoms with Crippen molar-refractivity contribution in [3.05, 3.63) is 95.7 Å². The topological polar surface area (TPSA) is 74.8 Å². The number of ether oxygens (including phenoxy) is 1. The molecule has 0 atom stereocenters. The number of hydrogen-bond acceptors (Lipinski definition) is 5. The standard InChI is InChI=1S/C26H28N4O3/c31-24(28-18-21-7-3-1-4-8-21)19-29-13-15-30(16-14-29)26(32)23-11-12-27-25(17-23)33-20-22-9-5-2-6-10-22/h1-12,17H,13-16,18-20H2,(H,28,31). The Hall–Kier alpha value is -3.71. The zero-order valence-corrected chi connectivity index (χ0v) is 18.5. The number of amides is 2. The lowest BCUT2D eigenvalue weighted by molar-refractivity contribution is -0.122. The van der Waals surface area contributed by atoms with Gasteiger partial charge < -0.3 is 15.0 Å². The molecular weight excluding hydrogens is 416 g/mol. The van der Waals surface area contributed by atoms with E-state index < -0.39 is 0 Å². The Balaban J connectivity index is 1.23. The van der Waals surface area contributed by atoms with Crippen LogP contribution in [0.15, 0.2) is 79.0 Å². The maximum absolute atomic E-state index is 13.0. The molecule has 0 aliphatic carbocycles. The average Bonchev–Trinajstić information content (AvgIpc) is 2.88. The van der Waals surface area contributed by atoms with Crippen molar-refractivity contribution in [1.29, 1.82) is 0 Å². The van der Waals surface area contributed by atoms with Gasteiger partial charge in [0.05, 0.1) is 6.54 Å². The van der Waals surface area contributed by atoms with Crippen LogP contribution in [-0.4, -0.2) is 59.3 Å². The predicted molar refractivity (Wildman–Crippen MR) is 126 cm³/mol. The van der Waals surface area contributed by atoms with E-state index in [1.54, 1.807) is 18.3 Å². The van der Waals surface area contributed by atoms with Gasteiger partial charge in [-0.25, -0.2) is 4.98 Å². The zero-order chi connectivity index (χ0) is 22.9. The molecular formula is C26H28N4O3. The van der Waals surface area contributed by atoms with E-state index in [9.17, 15) is 9.59 Å². The second-order valence-corrected chi connectivity index (χ2v) is 7.99. The van der Waals surface area contributed by atoms with E-state index in [2.05, 4.69) is 15.2 Å². The lowest BCUT2D eigenvalue weighted by atomic mass is 10.2. The molecule has 2 aromatic carbocycles. The number of carbonyl (C=O) groups is 2. The predicted octanol–water partition coefficient (Wildman–Crippen LogP) is 2.73. The number of rotatable bonds is 8. The third-order valence-corrected chi connectivity index (χ3v) is 5.57. The van der Waals surface area contributed by atoms with Crippen LogP contribution in [0.25, 0.3) is 0 Å². The second-order valence-electron chi connectivity index (χ2n) is 7.99. The molecule has 0 unspecified atom stereocenters. The molecule has 3 aromatic rings. The summed E-state index contributed by atoms with van der Waals surface area (Å²) in [6.45, 7) is 3.73. The first-order valence-electron chi connectivity index (χ1n) is 11.1. The van der Waals surface area contributed by atoms with Gasteiger partial charge in [0.15, 0.2) is 0 Å². The molecule has 2 heterocycles. The SMILES string of the molecule is O=C(CN1CCN(C(=O)c2ccnc(OCc3ccccc3)c2)CC1)NCc1ccccc1. The number of piperazine rings is 1. The molecule has 4 rings (SSSR count). The largest absolute Gasteiger partial charge is 0.473 e. The molecule has 33 heavy (non-hydrogen) atoms. The van der Waals surface area contributed by atoms with Crippen LogP contribution in [-0.2, 0) is 17.9 Å². The van der Waals surface area contributed by atoms with E-state index in [1.807, 2.05) is 65.6 Å². The summed E-state index contributed by atoms with van der Waals surface area (Å²) in [6, 6.07) is 23.1. The molecule has 1 aliphatic heterocycles. The van der Waals surface area contributed by atoms with Gasteiger partial charge >= 0.3 is 0 Å². The number of nitrogens with zero attached hydrogens (tertiary/aromatic N) is 3. The summed E-state index contributed by atoms with van der Waals surface area (Å²) in [7, 11) is 0. The molecule has 0 radical (unpaired) electrons. The third-order valence-electron chi connectivity index (χ3n) is 5.57. The minimum Gasteiger partial charge on any atom is -0.473 e. The monoisotopic (exact) mass is 444 g/mol. The first-order chi connectivity index (χ1) is 16.2. The Morgan fingerprint density at radius 1 is 0.879 bits per heavy atom. The van der Waals surface area contributed by atoms with E-state index in [0.717, 1.165) is 11.1 Å². The normalized spacial score (nSPS) is 14.0. The van der Waals surface area contributed by atoms with Crippen LogP contribution < -0.4 is 10.1 Å². The Morgan fingerprint density at radius 2 is 1.55 bits per heavy atom. The molecule has 0 bridgehead atoms. The molecule has 1 fully saturated rings. The van der Waals surface area contributed by atoms with Gasteiger partial charge in [0, 0.05) is 50.6 Å². The highest BCUT2D eigenvalue weighted by atomic mass is 16.5. The van der Waals surface area contributed by atoms with Gasteiger partial charge in [-0.3, -0.25) is 14.5 Å². The van der Waals surface area contributed by atoms with Crippen molar-refractivity contribution in [2.24, 2.45) is 0 Å². The molecule has 7 nitrogen and oxygen atoms in total. The maximum Gasteiger partial charge on any atom is 0.254 e. The molecule has 170 valence electrons. The average molecular weight is 445 g/mol. The fourth-order valence-corrected chi connectivity index (χ4v) is 3.70. The van der Waals surface area contributed by atoms with Crippen molar-refractivity contribution in [3.63, 3.8) is 0 Å². The summed E-state index contributed by atoms with van der Waals surface area (Å²) in [6.07, 6.45) is 1.60. The fourth-order valence-electron chi connectivity index (χ4n) is 3.70. The summed E-state index contributed by atoms with van der Waals surface area (Å²) in [5.41, 5.74) is 2.67. The van der Waals surface area contributed by atoms with Crippen LogP contribution in [0, 0.1) is 0 Å². The van der Waals surface area contributed by atoms with Gasteiger partial charge in [-0.2, -0.15) is 0 Å². The number of carbonyl (C=O) groups excluding carboxylic acids is 2. The van der Waals surface area contributed by atoms with E-state index in [0.29, 0.717) is 57.3 Å². The molecule has 7 heteroatoms.